The minimum Gasteiger partial charge on any atom is -0.464 e. The number of carbonyl (C=O) groups excluding carboxylic acids is 2. The highest BCUT2D eigenvalue weighted by atomic mass is 35.5. The van der Waals surface area contributed by atoms with Crippen LogP contribution >= 0.6 is 11.6 Å². The number of rotatable bonds is 2. The summed E-state index contributed by atoms with van der Waals surface area (Å²) in [5.74, 6) is -0.620. The van der Waals surface area contributed by atoms with Gasteiger partial charge in [-0.15, -0.1) is 0 Å². The lowest BCUT2D eigenvalue weighted by molar-refractivity contribution is 0.0594. The van der Waals surface area contributed by atoms with Crippen LogP contribution in [-0.4, -0.2) is 24.3 Å². The Balaban J connectivity index is 3.15. The average Bonchev–Trinajstić information content (AvgIpc) is 2.15. The Morgan fingerprint density at radius 1 is 1.62 bits per heavy atom. The molecule has 0 aromatic carbocycles. The number of halogens is 1. The topological polar surface area (TPSA) is 56.3 Å². The van der Waals surface area contributed by atoms with E-state index < -0.39 is 5.97 Å². The molecule has 0 spiro atoms. The molecule has 0 unspecified atom stereocenters. The normalized spacial score (nSPS) is 9.38. The second-order valence-corrected chi connectivity index (χ2v) is 2.64. The molecule has 4 nitrogen and oxygen atoms in total. The number of pyridine rings is 1. The quantitative estimate of drug-likeness (QED) is 0.533. The number of hydrogen-bond donors (Lipinski definition) is 0. The lowest BCUT2D eigenvalue weighted by Crippen LogP contribution is -2.05. The number of carbonyl (C=O) groups is 2. The fraction of sp³-hybridized carbons (Fsp3) is 0.125. The summed E-state index contributed by atoms with van der Waals surface area (Å²) in [5.41, 5.74) is 0.130. The molecule has 0 aliphatic rings. The molecule has 68 valence electrons. The Labute approximate surface area is 79.5 Å². The number of aromatic nitrogens is 1. The van der Waals surface area contributed by atoms with Gasteiger partial charge in [-0.3, -0.25) is 4.79 Å². The number of aldehydes is 1. The maximum absolute atomic E-state index is 11.0. The van der Waals surface area contributed by atoms with E-state index in [1.165, 1.54) is 19.2 Å². The highest BCUT2D eigenvalue weighted by Gasteiger charge is 2.09. The van der Waals surface area contributed by atoms with Gasteiger partial charge in [0.15, 0.2) is 12.0 Å². The van der Waals surface area contributed by atoms with E-state index >= 15 is 0 Å². The van der Waals surface area contributed by atoms with Crippen LogP contribution in [-0.2, 0) is 4.74 Å². The second-order valence-electron chi connectivity index (χ2n) is 2.20. The summed E-state index contributed by atoms with van der Waals surface area (Å²) in [6.45, 7) is 0. The van der Waals surface area contributed by atoms with Crippen molar-refractivity contribution in [2.24, 2.45) is 0 Å². The van der Waals surface area contributed by atoms with Crippen LogP contribution in [0.1, 0.15) is 21.0 Å². The van der Waals surface area contributed by atoms with Crippen molar-refractivity contribution in [1.82, 2.24) is 4.98 Å². The van der Waals surface area contributed by atoms with Crippen LogP contribution in [0.3, 0.4) is 0 Å². The lowest BCUT2D eigenvalue weighted by atomic mass is 10.3. The monoisotopic (exact) mass is 199 g/mol. The Morgan fingerprint density at radius 3 is 2.85 bits per heavy atom. The zero-order valence-electron chi connectivity index (χ0n) is 6.78. The highest BCUT2D eigenvalue weighted by Crippen LogP contribution is 2.11. The minimum absolute atomic E-state index is 0.0251. The molecule has 0 radical (unpaired) electrons. The molecule has 0 saturated carbocycles. The SMILES string of the molecule is COC(=O)c1cc(Cl)cc(C=O)n1. The van der Waals surface area contributed by atoms with Crippen LogP contribution in [0.15, 0.2) is 12.1 Å². The predicted octanol–water partition coefficient (Wildman–Crippen LogP) is 1.33. The number of methoxy groups -OCH3 is 1. The maximum Gasteiger partial charge on any atom is 0.356 e. The van der Waals surface area contributed by atoms with Gasteiger partial charge in [-0.05, 0) is 12.1 Å². The fourth-order valence-corrected chi connectivity index (χ4v) is 1.00. The van der Waals surface area contributed by atoms with Gasteiger partial charge in [-0.1, -0.05) is 11.6 Å². The van der Waals surface area contributed by atoms with Crippen molar-refractivity contribution < 1.29 is 14.3 Å². The molecule has 0 N–H and O–H groups in total. The van der Waals surface area contributed by atoms with Gasteiger partial charge in [-0.2, -0.15) is 0 Å². The van der Waals surface area contributed by atoms with Crippen LogP contribution in [0.2, 0.25) is 5.02 Å². The number of hydrogen-bond acceptors (Lipinski definition) is 4. The first kappa shape index (κ1) is 9.67. The first-order valence-corrected chi connectivity index (χ1v) is 3.76. The van der Waals surface area contributed by atoms with Gasteiger partial charge in [0.2, 0.25) is 0 Å². The van der Waals surface area contributed by atoms with Crippen LogP contribution in [0.5, 0.6) is 0 Å². The third-order valence-corrected chi connectivity index (χ3v) is 1.54. The Morgan fingerprint density at radius 2 is 2.31 bits per heavy atom. The number of esters is 1. The van der Waals surface area contributed by atoms with Gasteiger partial charge in [-0.25, -0.2) is 9.78 Å². The van der Waals surface area contributed by atoms with Crippen LogP contribution in [0, 0.1) is 0 Å². The summed E-state index contributed by atoms with van der Waals surface area (Å²) in [7, 11) is 1.23. The predicted molar refractivity (Wildman–Crippen MR) is 46.0 cm³/mol. The first-order valence-electron chi connectivity index (χ1n) is 3.38. The molecule has 1 aromatic rings. The van der Waals surface area contributed by atoms with Crippen molar-refractivity contribution in [3.05, 3.63) is 28.5 Å². The molecule has 0 fully saturated rings. The molecule has 13 heavy (non-hydrogen) atoms. The molecule has 0 aliphatic carbocycles. The molecule has 1 heterocycles. The van der Waals surface area contributed by atoms with Gasteiger partial charge in [0.05, 0.1) is 7.11 Å². The van der Waals surface area contributed by atoms with Crippen molar-refractivity contribution in [3.8, 4) is 0 Å². The molecular weight excluding hydrogens is 194 g/mol. The summed E-state index contributed by atoms with van der Waals surface area (Å²) in [6.07, 6.45) is 0.512. The summed E-state index contributed by atoms with van der Waals surface area (Å²) < 4.78 is 4.41. The van der Waals surface area contributed by atoms with Crippen LogP contribution in [0.25, 0.3) is 0 Å². The van der Waals surface area contributed by atoms with Crippen molar-refractivity contribution in [1.29, 1.82) is 0 Å². The Kier molecular flexibility index (Phi) is 2.97. The third kappa shape index (κ3) is 2.26. The van der Waals surface area contributed by atoms with Crippen molar-refractivity contribution in [2.75, 3.05) is 7.11 Å². The standard InChI is InChI=1S/C8H6ClNO3/c1-13-8(12)7-3-5(9)2-6(4-11)10-7/h2-4H,1H3. The molecular formula is C8H6ClNO3. The third-order valence-electron chi connectivity index (χ3n) is 1.33. The zero-order chi connectivity index (χ0) is 9.84. The van der Waals surface area contributed by atoms with E-state index in [1.54, 1.807) is 0 Å². The van der Waals surface area contributed by atoms with E-state index in [9.17, 15) is 9.59 Å². The fourth-order valence-electron chi connectivity index (χ4n) is 0.787. The first-order chi connectivity index (χ1) is 6.17. The summed E-state index contributed by atoms with van der Waals surface area (Å²) in [6, 6.07) is 2.70. The molecule has 0 amide bonds. The molecule has 0 aliphatic heterocycles. The smallest absolute Gasteiger partial charge is 0.356 e. The van der Waals surface area contributed by atoms with Gasteiger partial charge >= 0.3 is 5.97 Å². The number of nitrogens with zero attached hydrogens (tertiary/aromatic N) is 1. The van der Waals surface area contributed by atoms with E-state index in [0.29, 0.717) is 6.29 Å². The molecule has 0 bridgehead atoms. The van der Waals surface area contributed by atoms with Crippen molar-refractivity contribution in [2.45, 2.75) is 0 Å². The van der Waals surface area contributed by atoms with Gasteiger partial charge in [0.25, 0.3) is 0 Å². The van der Waals surface area contributed by atoms with E-state index in [-0.39, 0.29) is 16.4 Å². The van der Waals surface area contributed by atoms with E-state index in [0.717, 1.165) is 0 Å². The largest absolute Gasteiger partial charge is 0.464 e. The second kappa shape index (κ2) is 4.00. The van der Waals surface area contributed by atoms with Crippen molar-refractivity contribution in [3.63, 3.8) is 0 Å². The minimum atomic E-state index is -0.620. The highest BCUT2D eigenvalue weighted by molar-refractivity contribution is 6.31. The van der Waals surface area contributed by atoms with Gasteiger partial charge in [0.1, 0.15) is 5.69 Å². The Bertz CT molecular complexity index is 351. The van der Waals surface area contributed by atoms with E-state index in [1.807, 2.05) is 0 Å². The molecule has 1 rings (SSSR count). The average molecular weight is 200 g/mol. The van der Waals surface area contributed by atoms with Crippen LogP contribution in [0.4, 0.5) is 0 Å². The van der Waals surface area contributed by atoms with Gasteiger partial charge < -0.3 is 4.74 Å². The van der Waals surface area contributed by atoms with Gasteiger partial charge in [0, 0.05) is 5.02 Å². The van der Waals surface area contributed by atoms with Crippen LogP contribution < -0.4 is 0 Å². The summed E-state index contributed by atoms with van der Waals surface area (Å²) >= 11 is 5.62. The summed E-state index contributed by atoms with van der Waals surface area (Å²) in [4.78, 5) is 25.0. The molecule has 1 aromatic heterocycles. The Hall–Kier alpha value is -1.42. The number of ether oxygens (including phenoxy) is 1. The van der Waals surface area contributed by atoms with Crippen molar-refractivity contribution >= 4 is 23.9 Å². The molecule has 0 saturated heterocycles. The van der Waals surface area contributed by atoms with E-state index in [4.69, 9.17) is 11.6 Å². The molecule has 5 heteroatoms. The summed E-state index contributed by atoms with van der Waals surface area (Å²) in [5, 5.41) is 0.275. The lowest BCUT2D eigenvalue weighted by Gasteiger charge is -1.99. The maximum atomic E-state index is 11.0. The zero-order valence-corrected chi connectivity index (χ0v) is 7.54. The molecule has 0 atom stereocenters. The van der Waals surface area contributed by atoms with E-state index in [2.05, 4.69) is 9.72 Å².